The predicted molar refractivity (Wildman–Crippen MR) is 91.7 cm³/mol. The monoisotopic (exact) mass is 345 g/mol. The topological polar surface area (TPSA) is 70.6 Å². The molecule has 0 atom stereocenters. The first-order valence-corrected chi connectivity index (χ1v) is 7.98. The van der Waals surface area contributed by atoms with E-state index in [2.05, 4.69) is 20.2 Å². The molecule has 0 spiro atoms. The first kappa shape index (κ1) is 17.1. The number of ether oxygens (including phenoxy) is 1. The maximum atomic E-state index is 14.6. The number of piperazine rings is 1. The van der Waals surface area contributed by atoms with Crippen LogP contribution in [0.4, 0.5) is 16.0 Å². The van der Waals surface area contributed by atoms with Gasteiger partial charge in [-0.1, -0.05) is 0 Å². The van der Waals surface area contributed by atoms with Gasteiger partial charge in [-0.15, -0.1) is 0 Å². The van der Waals surface area contributed by atoms with E-state index in [1.165, 1.54) is 19.2 Å². The molecule has 1 aromatic carbocycles. The number of rotatable bonds is 4. The van der Waals surface area contributed by atoms with Crippen LogP contribution in [0.1, 0.15) is 10.4 Å². The SMILES string of the molecule is COc1cc(C(=O)N2CCN(C)CC2)c(F)cc1Nc1ncccn1. The van der Waals surface area contributed by atoms with Gasteiger partial charge in [0.15, 0.2) is 0 Å². The summed E-state index contributed by atoms with van der Waals surface area (Å²) in [5.41, 5.74) is 0.363. The molecular weight excluding hydrogens is 325 g/mol. The normalized spacial score (nSPS) is 15.1. The van der Waals surface area contributed by atoms with E-state index < -0.39 is 5.82 Å². The number of aromatic nitrogens is 2. The van der Waals surface area contributed by atoms with E-state index in [-0.39, 0.29) is 11.5 Å². The molecule has 1 saturated heterocycles. The second-order valence-corrected chi connectivity index (χ2v) is 5.83. The quantitative estimate of drug-likeness (QED) is 0.910. The number of carbonyl (C=O) groups excluding carboxylic acids is 1. The molecule has 1 N–H and O–H groups in total. The van der Waals surface area contributed by atoms with E-state index in [0.29, 0.717) is 30.5 Å². The van der Waals surface area contributed by atoms with Gasteiger partial charge < -0.3 is 19.9 Å². The lowest BCUT2D eigenvalue weighted by Crippen LogP contribution is -2.47. The van der Waals surface area contributed by atoms with Gasteiger partial charge in [0.1, 0.15) is 11.6 Å². The van der Waals surface area contributed by atoms with Crippen molar-refractivity contribution in [3.63, 3.8) is 0 Å². The standard InChI is InChI=1S/C17H20FN5O2/c1-22-6-8-23(9-7-22)16(24)12-10-15(25-2)14(11-13(12)18)21-17-19-4-3-5-20-17/h3-5,10-11H,6-9H2,1-2H3,(H,19,20,21). The van der Waals surface area contributed by atoms with Crippen LogP contribution in [0.5, 0.6) is 5.75 Å². The van der Waals surface area contributed by atoms with Crippen molar-refractivity contribution in [1.82, 2.24) is 19.8 Å². The van der Waals surface area contributed by atoms with Crippen molar-refractivity contribution in [2.75, 3.05) is 45.7 Å². The summed E-state index contributed by atoms with van der Waals surface area (Å²) in [5.74, 6) is -0.265. The molecule has 1 aliphatic rings. The number of carbonyl (C=O) groups is 1. The molecule has 7 nitrogen and oxygen atoms in total. The lowest BCUT2D eigenvalue weighted by molar-refractivity contribution is 0.0659. The van der Waals surface area contributed by atoms with Gasteiger partial charge in [-0.3, -0.25) is 4.79 Å². The molecule has 0 radical (unpaired) electrons. The van der Waals surface area contributed by atoms with E-state index in [9.17, 15) is 9.18 Å². The van der Waals surface area contributed by atoms with Gasteiger partial charge in [-0.2, -0.15) is 0 Å². The van der Waals surface area contributed by atoms with Crippen molar-refractivity contribution >= 4 is 17.5 Å². The number of hydrogen-bond donors (Lipinski definition) is 1. The molecule has 1 aliphatic heterocycles. The molecule has 2 heterocycles. The van der Waals surface area contributed by atoms with Gasteiger partial charge in [-0.05, 0) is 19.2 Å². The Labute approximate surface area is 145 Å². The Morgan fingerprint density at radius 3 is 2.52 bits per heavy atom. The van der Waals surface area contributed by atoms with Crippen LogP contribution in [-0.4, -0.2) is 66.0 Å². The third-order valence-electron chi connectivity index (χ3n) is 4.12. The number of nitrogens with zero attached hydrogens (tertiary/aromatic N) is 4. The summed E-state index contributed by atoms with van der Waals surface area (Å²) in [6.07, 6.45) is 3.15. The molecule has 3 rings (SSSR count). The summed E-state index contributed by atoms with van der Waals surface area (Å²) in [6, 6.07) is 4.33. The Morgan fingerprint density at radius 1 is 1.20 bits per heavy atom. The molecule has 0 saturated carbocycles. The Kier molecular flexibility index (Phi) is 5.08. The lowest BCUT2D eigenvalue weighted by atomic mass is 10.1. The zero-order valence-electron chi connectivity index (χ0n) is 14.2. The summed E-state index contributed by atoms with van der Waals surface area (Å²) >= 11 is 0. The molecule has 0 unspecified atom stereocenters. The number of amides is 1. The maximum Gasteiger partial charge on any atom is 0.257 e. The number of benzene rings is 1. The van der Waals surface area contributed by atoms with Gasteiger partial charge >= 0.3 is 0 Å². The average Bonchev–Trinajstić information content (AvgIpc) is 2.63. The van der Waals surface area contributed by atoms with Crippen LogP contribution < -0.4 is 10.1 Å². The molecule has 25 heavy (non-hydrogen) atoms. The van der Waals surface area contributed by atoms with Crippen molar-refractivity contribution in [2.45, 2.75) is 0 Å². The molecule has 0 bridgehead atoms. The highest BCUT2D eigenvalue weighted by Crippen LogP contribution is 2.30. The average molecular weight is 345 g/mol. The van der Waals surface area contributed by atoms with E-state index >= 15 is 0 Å². The van der Waals surface area contributed by atoms with Crippen LogP contribution in [0.25, 0.3) is 0 Å². The second-order valence-electron chi connectivity index (χ2n) is 5.83. The van der Waals surface area contributed by atoms with Crippen LogP contribution in [0.15, 0.2) is 30.6 Å². The Bertz CT molecular complexity index is 748. The van der Waals surface area contributed by atoms with Crippen molar-refractivity contribution in [2.24, 2.45) is 0 Å². The van der Waals surface area contributed by atoms with Crippen molar-refractivity contribution in [1.29, 1.82) is 0 Å². The smallest absolute Gasteiger partial charge is 0.257 e. The van der Waals surface area contributed by atoms with Gasteiger partial charge in [0, 0.05) is 44.6 Å². The summed E-state index contributed by atoms with van der Waals surface area (Å²) in [4.78, 5) is 24.5. The maximum absolute atomic E-state index is 14.6. The largest absolute Gasteiger partial charge is 0.495 e. The van der Waals surface area contributed by atoms with Crippen LogP contribution >= 0.6 is 0 Å². The van der Waals surface area contributed by atoms with Crippen LogP contribution in [0, 0.1) is 5.82 Å². The van der Waals surface area contributed by atoms with Crippen molar-refractivity contribution in [3.8, 4) is 5.75 Å². The Morgan fingerprint density at radius 2 is 1.88 bits per heavy atom. The fraction of sp³-hybridized carbons (Fsp3) is 0.353. The van der Waals surface area contributed by atoms with Crippen molar-refractivity contribution < 1.29 is 13.9 Å². The molecular formula is C17H20FN5O2. The number of nitrogens with one attached hydrogen (secondary N) is 1. The van der Waals surface area contributed by atoms with E-state index in [4.69, 9.17) is 4.74 Å². The molecule has 1 amide bonds. The third kappa shape index (κ3) is 3.85. The number of methoxy groups -OCH3 is 1. The number of likely N-dealkylation sites (N-methyl/N-ethyl adjacent to an activating group) is 1. The van der Waals surface area contributed by atoms with Gasteiger partial charge in [-0.25, -0.2) is 14.4 Å². The zero-order chi connectivity index (χ0) is 17.8. The van der Waals surface area contributed by atoms with E-state index in [1.807, 2.05) is 7.05 Å². The molecule has 2 aromatic rings. The highest BCUT2D eigenvalue weighted by molar-refractivity contribution is 5.96. The summed E-state index contributed by atoms with van der Waals surface area (Å²) < 4.78 is 19.9. The minimum Gasteiger partial charge on any atom is -0.495 e. The highest BCUT2D eigenvalue weighted by Gasteiger charge is 2.24. The molecule has 1 aromatic heterocycles. The Hall–Kier alpha value is -2.74. The minimum absolute atomic E-state index is 0.000864. The van der Waals surface area contributed by atoms with Gasteiger partial charge in [0.25, 0.3) is 5.91 Å². The minimum atomic E-state index is -0.608. The van der Waals surface area contributed by atoms with Crippen LogP contribution in [-0.2, 0) is 0 Å². The number of anilines is 2. The van der Waals surface area contributed by atoms with Gasteiger partial charge in [0.05, 0.1) is 18.4 Å². The Balaban J connectivity index is 1.85. The summed E-state index contributed by atoms with van der Waals surface area (Å²) in [7, 11) is 3.46. The zero-order valence-corrected chi connectivity index (χ0v) is 14.2. The van der Waals surface area contributed by atoms with Gasteiger partial charge in [0.2, 0.25) is 5.95 Å². The molecule has 132 valence electrons. The molecule has 0 aliphatic carbocycles. The highest BCUT2D eigenvalue weighted by atomic mass is 19.1. The van der Waals surface area contributed by atoms with Crippen LogP contribution in [0.3, 0.4) is 0 Å². The fourth-order valence-corrected chi connectivity index (χ4v) is 2.65. The number of hydrogen-bond acceptors (Lipinski definition) is 6. The number of halogens is 1. The van der Waals surface area contributed by atoms with E-state index in [0.717, 1.165) is 13.1 Å². The fourth-order valence-electron chi connectivity index (χ4n) is 2.65. The van der Waals surface area contributed by atoms with Crippen molar-refractivity contribution in [3.05, 3.63) is 42.0 Å². The summed E-state index contributed by atoms with van der Waals surface area (Å²) in [5, 5.41) is 2.90. The van der Waals surface area contributed by atoms with Crippen LogP contribution in [0.2, 0.25) is 0 Å². The molecule has 1 fully saturated rings. The second kappa shape index (κ2) is 7.43. The third-order valence-corrected chi connectivity index (χ3v) is 4.12. The first-order chi connectivity index (χ1) is 12.1. The predicted octanol–water partition coefficient (Wildman–Crippen LogP) is 1.76. The first-order valence-electron chi connectivity index (χ1n) is 7.98. The lowest BCUT2D eigenvalue weighted by Gasteiger charge is -2.32. The van der Waals surface area contributed by atoms with E-state index in [1.54, 1.807) is 23.4 Å². The molecule has 8 heteroatoms. The summed E-state index contributed by atoms with van der Waals surface area (Å²) in [6.45, 7) is 2.70.